The lowest BCUT2D eigenvalue weighted by Crippen LogP contribution is -2.40. The van der Waals surface area contributed by atoms with Gasteiger partial charge in [-0.15, -0.1) is 0 Å². The number of rotatable bonds is 6. The van der Waals surface area contributed by atoms with Gasteiger partial charge in [-0.25, -0.2) is 0 Å². The Balaban J connectivity index is 1.84. The number of ether oxygens (including phenoxy) is 1. The van der Waals surface area contributed by atoms with Crippen LogP contribution in [-0.2, 0) is 0 Å². The van der Waals surface area contributed by atoms with Gasteiger partial charge in [-0.05, 0) is 45.0 Å². The van der Waals surface area contributed by atoms with E-state index in [-0.39, 0.29) is 0 Å². The SMILES string of the molecule is CCCOc1cccc(NCC2CCCCN2C)c1. The van der Waals surface area contributed by atoms with Gasteiger partial charge in [0.15, 0.2) is 0 Å². The molecule has 1 aliphatic heterocycles. The summed E-state index contributed by atoms with van der Waals surface area (Å²) in [4.78, 5) is 2.47. The fraction of sp³-hybridized carbons (Fsp3) is 0.625. The van der Waals surface area contributed by atoms with Crippen LogP contribution in [0.5, 0.6) is 5.75 Å². The van der Waals surface area contributed by atoms with Crippen LogP contribution in [0.3, 0.4) is 0 Å². The minimum atomic E-state index is 0.661. The lowest BCUT2D eigenvalue weighted by molar-refractivity contribution is 0.194. The first-order valence-electron chi connectivity index (χ1n) is 7.46. The summed E-state index contributed by atoms with van der Waals surface area (Å²) in [6.45, 7) is 5.16. The number of piperidine rings is 1. The van der Waals surface area contributed by atoms with Crippen LogP contribution >= 0.6 is 0 Å². The van der Waals surface area contributed by atoms with Crippen LogP contribution in [0.2, 0.25) is 0 Å². The molecule has 1 saturated heterocycles. The minimum absolute atomic E-state index is 0.661. The molecule has 3 nitrogen and oxygen atoms in total. The smallest absolute Gasteiger partial charge is 0.121 e. The van der Waals surface area contributed by atoms with E-state index < -0.39 is 0 Å². The summed E-state index contributed by atoms with van der Waals surface area (Å²) >= 11 is 0. The third kappa shape index (κ3) is 4.43. The summed E-state index contributed by atoms with van der Waals surface area (Å²) in [5.74, 6) is 0.962. The van der Waals surface area contributed by atoms with E-state index in [1.54, 1.807) is 0 Å². The zero-order chi connectivity index (χ0) is 13.5. The van der Waals surface area contributed by atoms with Gasteiger partial charge in [-0.1, -0.05) is 19.4 Å². The van der Waals surface area contributed by atoms with Gasteiger partial charge in [-0.2, -0.15) is 0 Å². The van der Waals surface area contributed by atoms with Crippen LogP contribution in [0, 0.1) is 0 Å². The maximum absolute atomic E-state index is 5.66. The highest BCUT2D eigenvalue weighted by Crippen LogP contribution is 2.19. The van der Waals surface area contributed by atoms with Crippen LogP contribution in [0.4, 0.5) is 5.69 Å². The second kappa shape index (κ2) is 7.39. The summed E-state index contributed by atoms with van der Waals surface area (Å²) in [5, 5.41) is 3.54. The number of benzene rings is 1. The molecule has 0 amide bonds. The van der Waals surface area contributed by atoms with E-state index >= 15 is 0 Å². The van der Waals surface area contributed by atoms with Gasteiger partial charge < -0.3 is 15.0 Å². The highest BCUT2D eigenvalue weighted by molar-refractivity contribution is 5.48. The summed E-state index contributed by atoms with van der Waals surface area (Å²) in [7, 11) is 2.23. The molecule has 0 radical (unpaired) electrons. The van der Waals surface area contributed by atoms with Crippen molar-refractivity contribution in [3.8, 4) is 5.75 Å². The van der Waals surface area contributed by atoms with E-state index in [9.17, 15) is 0 Å². The van der Waals surface area contributed by atoms with Gasteiger partial charge in [0.2, 0.25) is 0 Å². The van der Waals surface area contributed by atoms with E-state index in [1.807, 2.05) is 6.07 Å². The average molecular weight is 262 g/mol. The molecule has 1 unspecified atom stereocenters. The highest BCUT2D eigenvalue weighted by atomic mass is 16.5. The predicted octanol–water partition coefficient (Wildman–Crippen LogP) is 3.37. The summed E-state index contributed by atoms with van der Waals surface area (Å²) in [5.41, 5.74) is 1.16. The third-order valence-electron chi connectivity index (χ3n) is 3.77. The maximum atomic E-state index is 5.66. The Morgan fingerprint density at radius 1 is 1.37 bits per heavy atom. The van der Waals surface area contributed by atoms with Crippen molar-refractivity contribution < 1.29 is 4.74 Å². The molecule has 0 aromatic heterocycles. The molecule has 1 aromatic rings. The lowest BCUT2D eigenvalue weighted by atomic mass is 10.0. The van der Waals surface area contributed by atoms with E-state index in [0.29, 0.717) is 6.04 Å². The quantitative estimate of drug-likeness (QED) is 0.850. The Morgan fingerprint density at radius 2 is 2.26 bits per heavy atom. The number of hydrogen-bond acceptors (Lipinski definition) is 3. The van der Waals surface area contributed by atoms with Crippen LogP contribution in [0.25, 0.3) is 0 Å². The van der Waals surface area contributed by atoms with Gasteiger partial charge in [0.25, 0.3) is 0 Å². The molecule has 0 spiro atoms. The molecule has 1 heterocycles. The second-order valence-electron chi connectivity index (χ2n) is 5.39. The molecule has 1 N–H and O–H groups in total. The zero-order valence-corrected chi connectivity index (χ0v) is 12.2. The zero-order valence-electron chi connectivity index (χ0n) is 12.2. The first-order valence-corrected chi connectivity index (χ1v) is 7.46. The normalized spacial score (nSPS) is 20.2. The standard InChI is InChI=1S/C16H26N2O/c1-3-11-19-16-9-6-7-14(12-16)17-13-15-8-4-5-10-18(15)2/h6-7,9,12,15,17H,3-5,8,10-11,13H2,1-2H3. The lowest BCUT2D eigenvalue weighted by Gasteiger charge is -2.32. The van der Waals surface area contributed by atoms with Crippen LogP contribution < -0.4 is 10.1 Å². The van der Waals surface area contributed by atoms with Crippen molar-refractivity contribution in [2.45, 2.75) is 38.6 Å². The Kier molecular flexibility index (Phi) is 5.52. The molecule has 2 rings (SSSR count). The Hall–Kier alpha value is -1.22. The number of nitrogens with one attached hydrogen (secondary N) is 1. The molecule has 1 atom stereocenters. The van der Waals surface area contributed by atoms with Gasteiger partial charge in [-0.3, -0.25) is 0 Å². The number of likely N-dealkylation sites (N-methyl/N-ethyl adjacent to an activating group) is 1. The fourth-order valence-corrected chi connectivity index (χ4v) is 2.55. The van der Waals surface area contributed by atoms with Crippen molar-refractivity contribution in [3.63, 3.8) is 0 Å². The van der Waals surface area contributed by atoms with E-state index in [1.165, 1.54) is 25.8 Å². The van der Waals surface area contributed by atoms with Gasteiger partial charge in [0.05, 0.1) is 6.61 Å². The predicted molar refractivity (Wildman–Crippen MR) is 81.0 cm³/mol. The first kappa shape index (κ1) is 14.2. The largest absolute Gasteiger partial charge is 0.494 e. The summed E-state index contributed by atoms with van der Waals surface area (Å²) in [6.07, 6.45) is 5.05. The van der Waals surface area contributed by atoms with Crippen molar-refractivity contribution in [2.24, 2.45) is 0 Å². The molecule has 0 saturated carbocycles. The number of nitrogens with zero attached hydrogens (tertiary/aromatic N) is 1. The third-order valence-corrected chi connectivity index (χ3v) is 3.77. The molecular formula is C16H26N2O. The molecule has 1 aromatic carbocycles. The van der Waals surface area contributed by atoms with Crippen molar-refractivity contribution in [2.75, 3.05) is 32.1 Å². The topological polar surface area (TPSA) is 24.5 Å². The molecule has 0 bridgehead atoms. The van der Waals surface area contributed by atoms with Crippen molar-refractivity contribution in [1.29, 1.82) is 0 Å². The van der Waals surface area contributed by atoms with Gasteiger partial charge in [0.1, 0.15) is 5.75 Å². The maximum Gasteiger partial charge on any atom is 0.121 e. The Labute approximate surface area is 116 Å². The van der Waals surface area contributed by atoms with Crippen LogP contribution in [0.1, 0.15) is 32.6 Å². The van der Waals surface area contributed by atoms with E-state index in [2.05, 4.69) is 42.4 Å². The molecule has 1 fully saturated rings. The summed E-state index contributed by atoms with van der Waals surface area (Å²) < 4.78 is 5.66. The van der Waals surface area contributed by atoms with Gasteiger partial charge in [0, 0.05) is 24.3 Å². The number of anilines is 1. The Morgan fingerprint density at radius 3 is 3.05 bits per heavy atom. The van der Waals surface area contributed by atoms with Crippen molar-refractivity contribution >= 4 is 5.69 Å². The van der Waals surface area contributed by atoms with E-state index in [0.717, 1.165) is 31.0 Å². The molecule has 19 heavy (non-hydrogen) atoms. The van der Waals surface area contributed by atoms with Crippen molar-refractivity contribution in [3.05, 3.63) is 24.3 Å². The average Bonchev–Trinajstić information content (AvgIpc) is 2.45. The molecule has 3 heteroatoms. The molecular weight excluding hydrogens is 236 g/mol. The number of hydrogen-bond donors (Lipinski definition) is 1. The minimum Gasteiger partial charge on any atom is -0.494 e. The highest BCUT2D eigenvalue weighted by Gasteiger charge is 2.18. The monoisotopic (exact) mass is 262 g/mol. The molecule has 1 aliphatic rings. The Bertz CT molecular complexity index is 381. The number of likely N-dealkylation sites (tertiary alicyclic amines) is 1. The fourth-order valence-electron chi connectivity index (χ4n) is 2.55. The van der Waals surface area contributed by atoms with Crippen molar-refractivity contribution in [1.82, 2.24) is 4.90 Å². The second-order valence-corrected chi connectivity index (χ2v) is 5.39. The molecule has 0 aliphatic carbocycles. The first-order chi connectivity index (χ1) is 9.29. The van der Waals surface area contributed by atoms with E-state index in [4.69, 9.17) is 4.74 Å². The van der Waals surface area contributed by atoms with Crippen LogP contribution in [0.15, 0.2) is 24.3 Å². The van der Waals surface area contributed by atoms with Gasteiger partial charge >= 0.3 is 0 Å². The molecule has 106 valence electrons. The summed E-state index contributed by atoms with van der Waals surface area (Å²) in [6, 6.07) is 8.94. The van der Waals surface area contributed by atoms with Crippen LogP contribution in [-0.4, -0.2) is 37.7 Å².